The number of pyridine rings is 1. The zero-order valence-corrected chi connectivity index (χ0v) is 29.8. The lowest BCUT2D eigenvalue weighted by atomic mass is 9.91. The number of nitrogens with one attached hydrogen (secondary N) is 3. The van der Waals surface area contributed by atoms with Gasteiger partial charge in [0.2, 0.25) is 23.9 Å². The van der Waals surface area contributed by atoms with Crippen LogP contribution < -0.4 is 20.9 Å². The second-order valence-electron chi connectivity index (χ2n) is 13.2. The maximum Gasteiger partial charge on any atom is 0.229 e. The third kappa shape index (κ3) is 7.48. The summed E-state index contributed by atoms with van der Waals surface area (Å²) >= 11 is 0. The molecule has 0 saturated carbocycles. The van der Waals surface area contributed by atoms with E-state index in [0.29, 0.717) is 67.2 Å². The minimum atomic E-state index is -1.35. The van der Waals surface area contributed by atoms with Gasteiger partial charge in [0.05, 0.1) is 24.8 Å². The van der Waals surface area contributed by atoms with E-state index in [9.17, 15) is 15.5 Å². The van der Waals surface area contributed by atoms with Gasteiger partial charge in [-0.2, -0.15) is 20.0 Å². The Balaban J connectivity index is 1.11. The molecule has 280 valence electrons. The quantitative estimate of drug-likeness (QED) is 0.0731. The number of benzene rings is 2. The molecule has 5 N–H and O–H groups in total. The predicted molar refractivity (Wildman–Crippen MR) is 202 cm³/mol. The third-order valence-electron chi connectivity index (χ3n) is 9.70. The maximum absolute atomic E-state index is 11.3. The largest absolute Gasteiger partial charge is 0.387 e. The minimum Gasteiger partial charge on any atom is -0.387 e. The van der Waals surface area contributed by atoms with Crippen molar-refractivity contribution < 1.29 is 14.9 Å². The third-order valence-corrected chi connectivity index (χ3v) is 9.70. The van der Waals surface area contributed by atoms with E-state index in [1.165, 1.54) is 11.1 Å². The molecule has 0 amide bonds. The van der Waals surface area contributed by atoms with Gasteiger partial charge in [-0.3, -0.25) is 9.55 Å². The molecule has 55 heavy (non-hydrogen) atoms. The molecule has 0 aliphatic carbocycles. The number of aromatic nitrogens is 9. The van der Waals surface area contributed by atoms with E-state index in [-0.39, 0.29) is 17.8 Å². The number of ether oxygens (including phenoxy) is 1. The molecule has 18 heteroatoms. The fourth-order valence-electron chi connectivity index (χ4n) is 6.93. The predicted octanol–water partition coefficient (Wildman–Crippen LogP) is 2.58. The number of fused-ring (bicyclic) bond motifs is 1. The zero-order chi connectivity index (χ0) is 37.7. The molecular formula is C37H39N15O3. The number of nitriles is 1. The lowest BCUT2D eigenvalue weighted by molar-refractivity contribution is -0.0384. The normalized spacial score (nSPS) is 21.3. The number of guanidine groups is 1. The number of aliphatic hydroxyl groups excluding tert-OH is 2. The Morgan fingerprint density at radius 3 is 2.51 bits per heavy atom. The van der Waals surface area contributed by atoms with Crippen LogP contribution in [0.2, 0.25) is 0 Å². The average molecular weight is 742 g/mol. The first-order chi connectivity index (χ1) is 27.0. The number of hydrogen-bond acceptors (Lipinski definition) is 14. The van der Waals surface area contributed by atoms with Gasteiger partial charge in [-0.05, 0) is 41.8 Å². The van der Waals surface area contributed by atoms with Gasteiger partial charge in [-0.25, -0.2) is 4.98 Å². The van der Waals surface area contributed by atoms with Gasteiger partial charge in [0.25, 0.3) is 0 Å². The van der Waals surface area contributed by atoms with Gasteiger partial charge >= 0.3 is 0 Å². The Labute approximate surface area is 315 Å². The topological polar surface area (TPSA) is 225 Å². The fraction of sp³-hybridized carbons (Fsp3) is 0.324. The highest BCUT2D eigenvalue weighted by Crippen LogP contribution is 2.39. The van der Waals surface area contributed by atoms with E-state index in [4.69, 9.17) is 19.7 Å². The van der Waals surface area contributed by atoms with Crippen LogP contribution in [-0.4, -0.2) is 98.8 Å². The van der Waals surface area contributed by atoms with E-state index in [1.54, 1.807) is 23.0 Å². The molecule has 0 spiro atoms. The molecular weight excluding hydrogens is 703 g/mol. The van der Waals surface area contributed by atoms with Crippen molar-refractivity contribution in [3.63, 3.8) is 0 Å². The van der Waals surface area contributed by atoms with Crippen molar-refractivity contribution >= 4 is 34.6 Å². The zero-order valence-electron chi connectivity index (χ0n) is 29.8. The SMILES string of the molecule is CCn1nnc([C@H]2O[C@@H](n3cnc4c(NCC(c5ccccc5)c5ccccc5)nc(N5CC[C@@H](NC(=NC#N)Nc6cccnc6)C5)nc43)[C@@H](O)[C@@H]2O)n1. The van der Waals surface area contributed by atoms with Gasteiger partial charge in [-0.1, -0.05) is 60.7 Å². The van der Waals surface area contributed by atoms with E-state index in [2.05, 4.69) is 65.6 Å². The van der Waals surface area contributed by atoms with Crippen LogP contribution in [-0.2, 0) is 11.3 Å². The highest BCUT2D eigenvalue weighted by Gasteiger charge is 2.47. The van der Waals surface area contributed by atoms with Crippen molar-refractivity contribution in [1.29, 1.82) is 5.26 Å². The van der Waals surface area contributed by atoms with Gasteiger partial charge in [0.1, 0.15) is 12.2 Å². The van der Waals surface area contributed by atoms with E-state index >= 15 is 0 Å². The summed E-state index contributed by atoms with van der Waals surface area (Å²) < 4.78 is 7.83. The first-order valence-corrected chi connectivity index (χ1v) is 18.0. The lowest BCUT2D eigenvalue weighted by Gasteiger charge is -2.22. The second kappa shape index (κ2) is 15.8. The van der Waals surface area contributed by atoms with Crippen molar-refractivity contribution in [3.8, 4) is 6.19 Å². The summed E-state index contributed by atoms with van der Waals surface area (Å²) in [4.78, 5) is 26.2. The smallest absolute Gasteiger partial charge is 0.229 e. The van der Waals surface area contributed by atoms with Crippen molar-refractivity contribution in [2.75, 3.05) is 35.2 Å². The Bertz CT molecular complexity index is 2240. The molecule has 0 radical (unpaired) electrons. The number of nitrogens with zero attached hydrogens (tertiary/aromatic N) is 12. The summed E-state index contributed by atoms with van der Waals surface area (Å²) in [6, 6.07) is 24.0. The number of hydrogen-bond donors (Lipinski definition) is 5. The van der Waals surface area contributed by atoms with E-state index in [1.807, 2.05) is 60.5 Å². The first kappa shape index (κ1) is 35.5. The van der Waals surface area contributed by atoms with Gasteiger partial charge in [-0.15, -0.1) is 15.2 Å². The van der Waals surface area contributed by atoms with Crippen LogP contribution in [0.25, 0.3) is 11.2 Å². The Hall–Kier alpha value is -6.55. The average Bonchev–Trinajstić information content (AvgIpc) is 4.04. The first-order valence-electron chi connectivity index (χ1n) is 18.0. The van der Waals surface area contributed by atoms with Crippen LogP contribution in [0.15, 0.2) is 96.5 Å². The lowest BCUT2D eigenvalue weighted by Crippen LogP contribution is -2.41. The molecule has 0 unspecified atom stereocenters. The van der Waals surface area contributed by atoms with Crippen LogP contribution in [0.5, 0.6) is 0 Å². The molecule has 6 heterocycles. The molecule has 4 aromatic heterocycles. The standard InChI is InChI=1S/C37H39N15O3/c1-2-52-48-33(47-49-52)31-29(53)30(54)35(55-31)51-22-42-28-32(40-19-27(23-10-5-3-6-11-23)24-12-7-4-8-13-24)45-37(46-34(28)51)50-17-15-26(20-50)44-36(41-21-38)43-25-14-9-16-39-18-25/h3-14,16,18,22,26-27,29-31,35,53-54H,2,15,17,19-20H2,1H3,(H,40,45,46)(H2,41,43,44)/t26-,29+,30+,31+,35-/m1/s1. The highest BCUT2D eigenvalue weighted by molar-refractivity contribution is 5.94. The van der Waals surface area contributed by atoms with Gasteiger partial charge in [0, 0.05) is 37.8 Å². The summed E-state index contributed by atoms with van der Waals surface area (Å²) in [6.07, 6.45) is 2.64. The number of aliphatic imine (C=N–C) groups is 1. The van der Waals surface area contributed by atoms with Crippen LogP contribution in [0, 0.1) is 11.5 Å². The molecule has 5 atom stereocenters. The number of aryl methyl sites for hydroxylation is 1. The fourth-order valence-corrected chi connectivity index (χ4v) is 6.93. The molecule has 2 aliphatic rings. The van der Waals surface area contributed by atoms with E-state index in [0.717, 1.165) is 11.1 Å². The number of anilines is 3. The highest BCUT2D eigenvalue weighted by atomic mass is 16.6. The molecule has 2 fully saturated rings. The van der Waals surface area contributed by atoms with Crippen LogP contribution in [0.1, 0.15) is 48.5 Å². The summed E-state index contributed by atoms with van der Waals surface area (Å²) in [7, 11) is 0. The second-order valence-corrected chi connectivity index (χ2v) is 13.2. The Morgan fingerprint density at radius 1 is 1.04 bits per heavy atom. The van der Waals surface area contributed by atoms with Crippen molar-refractivity contribution in [2.45, 2.75) is 56.4 Å². The minimum absolute atomic E-state index is 0.0107. The summed E-state index contributed by atoms with van der Waals surface area (Å²) in [5, 5.41) is 54.1. The number of rotatable bonds is 11. The van der Waals surface area contributed by atoms with Crippen molar-refractivity contribution in [3.05, 3.63) is 108 Å². The molecule has 6 aromatic rings. The number of imidazole rings is 1. The molecule has 0 bridgehead atoms. The molecule has 2 saturated heterocycles. The molecule has 8 rings (SSSR count). The Morgan fingerprint density at radius 2 is 1.82 bits per heavy atom. The van der Waals surface area contributed by atoms with Crippen LogP contribution >= 0.6 is 0 Å². The summed E-state index contributed by atoms with van der Waals surface area (Å²) in [5.41, 5.74) is 3.82. The summed E-state index contributed by atoms with van der Waals surface area (Å²) in [5.74, 6) is 1.38. The molecule has 2 aromatic carbocycles. The monoisotopic (exact) mass is 741 g/mol. The van der Waals surface area contributed by atoms with Crippen LogP contribution in [0.4, 0.5) is 17.5 Å². The maximum atomic E-state index is 11.3. The summed E-state index contributed by atoms with van der Waals surface area (Å²) in [6.45, 7) is 3.94. The van der Waals surface area contributed by atoms with Crippen molar-refractivity contribution in [2.24, 2.45) is 4.99 Å². The molecule has 18 nitrogen and oxygen atoms in total. The molecule has 2 aliphatic heterocycles. The van der Waals surface area contributed by atoms with Gasteiger partial charge < -0.3 is 35.8 Å². The van der Waals surface area contributed by atoms with Crippen molar-refractivity contribution in [1.82, 2.24) is 50.0 Å². The van der Waals surface area contributed by atoms with Gasteiger partial charge in [0.15, 0.2) is 29.3 Å². The van der Waals surface area contributed by atoms with E-state index < -0.39 is 24.5 Å². The van der Waals surface area contributed by atoms with Crippen LogP contribution in [0.3, 0.4) is 0 Å². The number of tetrazole rings is 1. The Kier molecular flexibility index (Phi) is 10.2. The number of aliphatic hydroxyl groups is 2.